The Morgan fingerprint density at radius 3 is 2.68 bits per heavy atom. The molecule has 0 N–H and O–H groups in total. The van der Waals surface area contributed by atoms with E-state index in [0.29, 0.717) is 32.1 Å². The lowest BCUT2D eigenvalue weighted by Crippen LogP contribution is -1.98. The second-order valence-corrected chi connectivity index (χ2v) is 8.47. The highest BCUT2D eigenvalue weighted by molar-refractivity contribution is 7.19. The molecule has 0 amide bonds. The first-order valence-corrected chi connectivity index (χ1v) is 10.9. The van der Waals surface area contributed by atoms with Crippen LogP contribution in [-0.2, 0) is 6.61 Å². The van der Waals surface area contributed by atoms with Gasteiger partial charge in [-0.25, -0.2) is 4.98 Å². The number of rotatable bonds is 6. The highest BCUT2D eigenvalue weighted by atomic mass is 35.5. The fourth-order valence-corrected chi connectivity index (χ4v) is 4.38. The standard InChI is InChI=1S/C24H16Cl2N2O2S/c1-29-22-11-15(6-9-21(22)30-14-16-7-8-18(25)12-19(16)26)10-17(13-27)24-28-20-4-2-3-5-23(20)31-24/h2-12H,14H2,1H3/b17-10+. The maximum Gasteiger partial charge on any atom is 0.161 e. The van der Waals surface area contributed by atoms with Gasteiger partial charge in [-0.2, -0.15) is 5.26 Å². The number of fused-ring (bicyclic) bond motifs is 1. The van der Waals surface area contributed by atoms with Crippen LogP contribution in [0.3, 0.4) is 0 Å². The number of benzene rings is 3. The van der Waals surface area contributed by atoms with Crippen LogP contribution in [0.5, 0.6) is 11.5 Å². The number of para-hydroxylation sites is 1. The Kier molecular flexibility index (Phi) is 6.43. The van der Waals surface area contributed by atoms with Crippen molar-refractivity contribution in [2.45, 2.75) is 6.61 Å². The molecule has 1 heterocycles. The molecule has 4 nitrogen and oxygen atoms in total. The van der Waals surface area contributed by atoms with Crippen LogP contribution in [0.25, 0.3) is 21.9 Å². The maximum absolute atomic E-state index is 9.67. The van der Waals surface area contributed by atoms with Gasteiger partial charge in [-0.3, -0.25) is 0 Å². The van der Waals surface area contributed by atoms with Crippen LogP contribution >= 0.6 is 34.5 Å². The predicted octanol–water partition coefficient (Wildman–Crippen LogP) is 7.25. The zero-order valence-corrected chi connectivity index (χ0v) is 18.8. The topological polar surface area (TPSA) is 55.1 Å². The molecular weight excluding hydrogens is 451 g/mol. The third-order valence-electron chi connectivity index (χ3n) is 4.54. The number of hydrogen-bond donors (Lipinski definition) is 0. The molecule has 0 aliphatic heterocycles. The number of aromatic nitrogens is 1. The summed E-state index contributed by atoms with van der Waals surface area (Å²) in [5.74, 6) is 1.13. The average Bonchev–Trinajstić information content (AvgIpc) is 3.21. The SMILES string of the molecule is COc1cc(/C=C(\C#N)c2nc3ccccc3s2)ccc1OCc1ccc(Cl)cc1Cl. The normalized spacial score (nSPS) is 11.4. The maximum atomic E-state index is 9.67. The Balaban J connectivity index is 1.58. The first kappa shape index (κ1) is 21.2. The summed E-state index contributed by atoms with van der Waals surface area (Å²) in [6, 6.07) is 20.8. The summed E-state index contributed by atoms with van der Waals surface area (Å²) >= 11 is 13.6. The third-order valence-corrected chi connectivity index (χ3v) is 6.20. The lowest BCUT2D eigenvalue weighted by molar-refractivity contribution is 0.284. The largest absolute Gasteiger partial charge is 0.493 e. The van der Waals surface area contributed by atoms with Crippen molar-refractivity contribution < 1.29 is 9.47 Å². The summed E-state index contributed by atoms with van der Waals surface area (Å²) in [7, 11) is 1.57. The molecule has 0 unspecified atom stereocenters. The van der Waals surface area contributed by atoms with Gasteiger partial charge in [0.15, 0.2) is 11.5 Å². The molecule has 0 atom stereocenters. The number of allylic oxidation sites excluding steroid dienone is 1. The molecule has 0 bridgehead atoms. The Bertz CT molecular complexity index is 1290. The monoisotopic (exact) mass is 466 g/mol. The number of nitriles is 1. The lowest BCUT2D eigenvalue weighted by Gasteiger charge is -2.12. The smallest absolute Gasteiger partial charge is 0.161 e. The number of halogens is 2. The van der Waals surface area contributed by atoms with Crippen LogP contribution < -0.4 is 9.47 Å². The van der Waals surface area contributed by atoms with Gasteiger partial charge >= 0.3 is 0 Å². The first-order valence-electron chi connectivity index (χ1n) is 9.30. The molecule has 0 radical (unpaired) electrons. The molecule has 0 aliphatic rings. The van der Waals surface area contributed by atoms with E-state index in [0.717, 1.165) is 21.3 Å². The van der Waals surface area contributed by atoms with E-state index in [4.69, 9.17) is 32.7 Å². The number of ether oxygens (including phenoxy) is 2. The van der Waals surface area contributed by atoms with Gasteiger partial charge in [-0.05, 0) is 48.0 Å². The predicted molar refractivity (Wildman–Crippen MR) is 127 cm³/mol. The third kappa shape index (κ3) is 4.83. The van der Waals surface area contributed by atoms with E-state index >= 15 is 0 Å². The summed E-state index contributed by atoms with van der Waals surface area (Å²) < 4.78 is 12.4. The molecule has 0 fully saturated rings. The summed E-state index contributed by atoms with van der Waals surface area (Å²) in [4.78, 5) is 4.57. The van der Waals surface area contributed by atoms with Crippen LogP contribution in [0, 0.1) is 11.3 Å². The molecule has 0 aliphatic carbocycles. The molecule has 1 aromatic heterocycles. The van der Waals surface area contributed by atoms with Crippen LogP contribution in [0.1, 0.15) is 16.1 Å². The van der Waals surface area contributed by atoms with Gasteiger partial charge < -0.3 is 9.47 Å². The van der Waals surface area contributed by atoms with E-state index in [1.54, 1.807) is 25.3 Å². The Labute approximate surface area is 193 Å². The van der Waals surface area contributed by atoms with E-state index in [9.17, 15) is 5.26 Å². The van der Waals surface area contributed by atoms with Crippen molar-refractivity contribution in [1.29, 1.82) is 5.26 Å². The van der Waals surface area contributed by atoms with Gasteiger partial charge in [0.05, 0.1) is 22.9 Å². The van der Waals surface area contributed by atoms with Gasteiger partial charge in [0.25, 0.3) is 0 Å². The van der Waals surface area contributed by atoms with Crippen LogP contribution in [-0.4, -0.2) is 12.1 Å². The second kappa shape index (κ2) is 9.40. The van der Waals surface area contributed by atoms with E-state index in [1.165, 1.54) is 11.3 Å². The van der Waals surface area contributed by atoms with Crippen molar-refractivity contribution in [3.8, 4) is 17.6 Å². The van der Waals surface area contributed by atoms with Crippen molar-refractivity contribution in [2.24, 2.45) is 0 Å². The second-order valence-electron chi connectivity index (χ2n) is 6.59. The van der Waals surface area contributed by atoms with Crippen molar-refractivity contribution >= 4 is 56.4 Å². The highest BCUT2D eigenvalue weighted by Crippen LogP contribution is 2.33. The first-order chi connectivity index (χ1) is 15.1. The van der Waals surface area contributed by atoms with Gasteiger partial charge in [0.2, 0.25) is 0 Å². The lowest BCUT2D eigenvalue weighted by atomic mass is 10.1. The van der Waals surface area contributed by atoms with Crippen molar-refractivity contribution in [3.63, 3.8) is 0 Å². The summed E-state index contributed by atoms with van der Waals surface area (Å²) in [5.41, 5.74) is 3.00. The number of nitrogens with zero attached hydrogens (tertiary/aromatic N) is 2. The fourth-order valence-electron chi connectivity index (χ4n) is 2.98. The minimum absolute atomic E-state index is 0.275. The van der Waals surface area contributed by atoms with Crippen LogP contribution in [0.15, 0.2) is 60.7 Å². The summed E-state index contributed by atoms with van der Waals surface area (Å²) in [6.45, 7) is 0.275. The van der Waals surface area contributed by atoms with Crippen LogP contribution in [0.4, 0.5) is 0 Å². The minimum atomic E-state index is 0.275. The molecule has 154 valence electrons. The number of thiazole rings is 1. The molecule has 4 aromatic rings. The molecule has 4 rings (SSSR count). The van der Waals surface area contributed by atoms with Crippen LogP contribution in [0.2, 0.25) is 10.0 Å². The van der Waals surface area contributed by atoms with Crippen molar-refractivity contribution in [3.05, 3.63) is 86.8 Å². The molecule has 0 spiro atoms. The zero-order valence-electron chi connectivity index (χ0n) is 16.4. The van der Waals surface area contributed by atoms with E-state index < -0.39 is 0 Å². The van der Waals surface area contributed by atoms with E-state index in [2.05, 4.69) is 11.1 Å². The quantitative estimate of drug-likeness (QED) is 0.280. The molecular formula is C24H16Cl2N2O2S. The summed E-state index contributed by atoms with van der Waals surface area (Å²) in [6.07, 6.45) is 1.79. The molecule has 7 heteroatoms. The fraction of sp³-hybridized carbons (Fsp3) is 0.0833. The van der Waals surface area contributed by atoms with Gasteiger partial charge in [0.1, 0.15) is 17.7 Å². The molecule has 3 aromatic carbocycles. The number of hydrogen-bond acceptors (Lipinski definition) is 5. The van der Waals surface area contributed by atoms with Gasteiger partial charge in [-0.1, -0.05) is 47.5 Å². The number of methoxy groups -OCH3 is 1. The summed E-state index contributed by atoms with van der Waals surface area (Å²) in [5, 5.41) is 11.5. The van der Waals surface area contributed by atoms with E-state index in [-0.39, 0.29) is 6.61 Å². The Morgan fingerprint density at radius 1 is 1.10 bits per heavy atom. The van der Waals surface area contributed by atoms with E-state index in [1.807, 2.05) is 48.5 Å². The van der Waals surface area contributed by atoms with Gasteiger partial charge in [-0.15, -0.1) is 11.3 Å². The Hall–Kier alpha value is -3.04. The average molecular weight is 467 g/mol. The Morgan fingerprint density at radius 2 is 1.94 bits per heavy atom. The molecule has 0 saturated heterocycles. The van der Waals surface area contributed by atoms with Gasteiger partial charge in [0, 0.05) is 15.6 Å². The zero-order chi connectivity index (χ0) is 21.8. The molecule has 31 heavy (non-hydrogen) atoms. The highest BCUT2D eigenvalue weighted by Gasteiger charge is 2.11. The minimum Gasteiger partial charge on any atom is -0.493 e. The molecule has 0 saturated carbocycles. The van der Waals surface area contributed by atoms with Crippen molar-refractivity contribution in [2.75, 3.05) is 7.11 Å². The van der Waals surface area contributed by atoms with Crippen molar-refractivity contribution in [1.82, 2.24) is 4.98 Å².